The molecule has 0 bridgehead atoms. The number of alkyl halides is 1. The number of carbonyl (C=O) groups is 1. The van der Waals surface area contributed by atoms with Crippen LogP contribution in [-0.2, 0) is 17.8 Å². The molecule has 0 radical (unpaired) electrons. The van der Waals surface area contributed by atoms with Gasteiger partial charge in [-0.3, -0.25) is 4.79 Å². The third-order valence-corrected chi connectivity index (χ3v) is 4.47. The van der Waals surface area contributed by atoms with Gasteiger partial charge >= 0.3 is 0 Å². The Bertz CT molecular complexity index is 632. The molecule has 19 heavy (non-hydrogen) atoms. The van der Waals surface area contributed by atoms with Crippen molar-refractivity contribution in [2.45, 2.75) is 32.2 Å². The number of fused-ring (bicyclic) bond motifs is 3. The molecule has 1 aromatic heterocycles. The van der Waals surface area contributed by atoms with Crippen LogP contribution < -0.4 is 5.32 Å². The first-order valence-electron chi connectivity index (χ1n) is 6.65. The summed E-state index contributed by atoms with van der Waals surface area (Å²) in [6.07, 6.45) is 2.38. The van der Waals surface area contributed by atoms with E-state index in [9.17, 15) is 4.79 Å². The molecule has 1 unspecified atom stereocenters. The molecule has 0 aliphatic heterocycles. The van der Waals surface area contributed by atoms with Gasteiger partial charge in [0.15, 0.2) is 0 Å². The first-order chi connectivity index (χ1) is 9.20. The van der Waals surface area contributed by atoms with Crippen molar-refractivity contribution in [1.82, 2.24) is 10.3 Å². The third-order valence-electron chi connectivity index (χ3n) is 3.96. The standard InChI is InChI=1S/C15H17BrN2O/c1-9-5-6-12-14(9)11-4-2-3-10(15(11)18-12)8-17-13(19)7-16/h2-4,9,18H,5-8H2,1H3,(H,17,19). The number of nitrogens with one attached hydrogen (secondary N) is 2. The summed E-state index contributed by atoms with van der Waals surface area (Å²) in [5, 5.41) is 4.58. The van der Waals surface area contributed by atoms with Gasteiger partial charge in [0, 0.05) is 17.6 Å². The molecule has 3 rings (SSSR count). The molecule has 0 saturated carbocycles. The van der Waals surface area contributed by atoms with E-state index >= 15 is 0 Å². The number of halogens is 1. The predicted octanol–water partition coefficient (Wildman–Crippen LogP) is 3.23. The minimum absolute atomic E-state index is 0.0180. The summed E-state index contributed by atoms with van der Waals surface area (Å²) in [4.78, 5) is 14.9. The number of hydrogen-bond donors (Lipinski definition) is 2. The van der Waals surface area contributed by atoms with Crippen molar-refractivity contribution in [2.24, 2.45) is 0 Å². The summed E-state index contributed by atoms with van der Waals surface area (Å²) in [5.74, 6) is 0.653. The fourth-order valence-electron chi connectivity index (χ4n) is 3.01. The Balaban J connectivity index is 1.98. The summed E-state index contributed by atoms with van der Waals surface area (Å²) in [6, 6.07) is 6.34. The number of aromatic amines is 1. The fourth-order valence-corrected chi connectivity index (χ4v) is 3.20. The Kier molecular flexibility index (Phi) is 3.35. The van der Waals surface area contributed by atoms with Gasteiger partial charge in [-0.1, -0.05) is 41.1 Å². The number of H-pyrrole nitrogens is 1. The summed E-state index contributed by atoms with van der Waals surface area (Å²) >= 11 is 3.16. The quantitative estimate of drug-likeness (QED) is 0.838. The Labute approximate surface area is 120 Å². The zero-order valence-electron chi connectivity index (χ0n) is 10.9. The van der Waals surface area contributed by atoms with Gasteiger partial charge in [0.25, 0.3) is 0 Å². The molecule has 1 amide bonds. The number of benzene rings is 1. The fraction of sp³-hybridized carbons (Fsp3) is 0.400. The Morgan fingerprint density at radius 2 is 2.37 bits per heavy atom. The van der Waals surface area contributed by atoms with Crippen LogP contribution in [0, 0.1) is 0 Å². The highest BCUT2D eigenvalue weighted by atomic mass is 79.9. The first-order valence-corrected chi connectivity index (χ1v) is 7.78. The molecule has 4 heteroatoms. The molecule has 100 valence electrons. The van der Waals surface area contributed by atoms with Crippen molar-refractivity contribution in [2.75, 3.05) is 5.33 Å². The lowest BCUT2D eigenvalue weighted by atomic mass is 10.0. The molecule has 0 fully saturated rings. The number of hydrogen-bond acceptors (Lipinski definition) is 1. The first kappa shape index (κ1) is 12.7. The SMILES string of the molecule is CC1CCc2[nH]c3c(CNC(=O)CBr)cccc3c21. The van der Waals surface area contributed by atoms with E-state index in [4.69, 9.17) is 0 Å². The summed E-state index contributed by atoms with van der Waals surface area (Å²) in [7, 11) is 0. The van der Waals surface area contributed by atoms with Crippen LogP contribution in [0.4, 0.5) is 0 Å². The molecule has 1 aliphatic rings. The molecule has 1 heterocycles. The van der Waals surface area contributed by atoms with Crippen LogP contribution in [0.2, 0.25) is 0 Å². The molecule has 1 atom stereocenters. The number of aromatic nitrogens is 1. The minimum atomic E-state index is 0.0180. The zero-order valence-corrected chi connectivity index (χ0v) is 12.5. The second-order valence-corrected chi connectivity index (χ2v) is 5.77. The van der Waals surface area contributed by atoms with Gasteiger partial charge < -0.3 is 10.3 Å². The maximum Gasteiger partial charge on any atom is 0.230 e. The summed E-state index contributed by atoms with van der Waals surface area (Å²) in [6.45, 7) is 2.87. The van der Waals surface area contributed by atoms with Crippen LogP contribution >= 0.6 is 15.9 Å². The van der Waals surface area contributed by atoms with Crippen LogP contribution in [0.15, 0.2) is 18.2 Å². The molecule has 0 spiro atoms. The average Bonchev–Trinajstić information content (AvgIpc) is 2.96. The Hall–Kier alpha value is -1.29. The summed E-state index contributed by atoms with van der Waals surface area (Å²) < 4.78 is 0. The van der Waals surface area contributed by atoms with Crippen LogP contribution in [-0.4, -0.2) is 16.2 Å². The Morgan fingerprint density at radius 1 is 1.53 bits per heavy atom. The third kappa shape index (κ3) is 2.18. The lowest BCUT2D eigenvalue weighted by Gasteiger charge is -2.07. The molecule has 1 aromatic carbocycles. The van der Waals surface area contributed by atoms with E-state index in [0.29, 0.717) is 17.8 Å². The van der Waals surface area contributed by atoms with Crippen LogP contribution in [0.25, 0.3) is 10.9 Å². The van der Waals surface area contributed by atoms with E-state index < -0.39 is 0 Å². The van der Waals surface area contributed by atoms with Crippen molar-refractivity contribution in [3.05, 3.63) is 35.0 Å². The maximum atomic E-state index is 11.3. The van der Waals surface area contributed by atoms with Crippen molar-refractivity contribution < 1.29 is 4.79 Å². The normalized spacial score (nSPS) is 17.7. The smallest absolute Gasteiger partial charge is 0.230 e. The highest BCUT2D eigenvalue weighted by molar-refractivity contribution is 9.09. The van der Waals surface area contributed by atoms with Crippen LogP contribution in [0.3, 0.4) is 0 Å². The lowest BCUT2D eigenvalue weighted by molar-refractivity contribution is -0.118. The van der Waals surface area contributed by atoms with E-state index in [1.807, 2.05) is 0 Å². The minimum Gasteiger partial charge on any atom is -0.358 e. The van der Waals surface area contributed by atoms with Crippen molar-refractivity contribution in [3.8, 4) is 0 Å². The van der Waals surface area contributed by atoms with Gasteiger partial charge in [-0.2, -0.15) is 0 Å². The number of rotatable bonds is 3. The molecule has 1 aliphatic carbocycles. The largest absolute Gasteiger partial charge is 0.358 e. The van der Waals surface area contributed by atoms with Crippen molar-refractivity contribution in [1.29, 1.82) is 0 Å². The van der Waals surface area contributed by atoms with Crippen LogP contribution in [0.5, 0.6) is 0 Å². The Morgan fingerprint density at radius 3 is 3.16 bits per heavy atom. The van der Waals surface area contributed by atoms with Crippen LogP contribution in [0.1, 0.15) is 36.1 Å². The molecule has 0 saturated heterocycles. The van der Waals surface area contributed by atoms with Crippen molar-refractivity contribution in [3.63, 3.8) is 0 Å². The number of carbonyl (C=O) groups excluding carboxylic acids is 1. The monoisotopic (exact) mass is 320 g/mol. The lowest BCUT2D eigenvalue weighted by Crippen LogP contribution is -2.23. The molecular weight excluding hydrogens is 304 g/mol. The number of aryl methyl sites for hydroxylation is 1. The molecule has 3 nitrogen and oxygen atoms in total. The van der Waals surface area contributed by atoms with E-state index in [1.54, 1.807) is 0 Å². The van der Waals surface area contributed by atoms with E-state index in [-0.39, 0.29) is 5.91 Å². The highest BCUT2D eigenvalue weighted by Crippen LogP contribution is 2.38. The van der Waals surface area contributed by atoms with Gasteiger partial charge in [0.2, 0.25) is 5.91 Å². The topological polar surface area (TPSA) is 44.9 Å². The second kappa shape index (κ2) is 5.00. The van der Waals surface area contributed by atoms with Gasteiger partial charge in [-0.15, -0.1) is 0 Å². The van der Waals surface area contributed by atoms with E-state index in [1.165, 1.54) is 28.6 Å². The molecular formula is C15H17BrN2O. The van der Waals surface area contributed by atoms with E-state index in [2.05, 4.69) is 51.4 Å². The van der Waals surface area contributed by atoms with E-state index in [0.717, 1.165) is 12.0 Å². The second-order valence-electron chi connectivity index (χ2n) is 5.21. The molecule has 2 N–H and O–H groups in total. The predicted molar refractivity (Wildman–Crippen MR) is 80.7 cm³/mol. The van der Waals surface area contributed by atoms with Gasteiger partial charge in [0.1, 0.15) is 0 Å². The van der Waals surface area contributed by atoms with Gasteiger partial charge in [-0.25, -0.2) is 0 Å². The number of amides is 1. The summed E-state index contributed by atoms with van der Waals surface area (Å²) in [5.41, 5.74) is 5.20. The number of para-hydroxylation sites is 1. The van der Waals surface area contributed by atoms with Gasteiger partial charge in [-0.05, 0) is 29.9 Å². The average molecular weight is 321 g/mol. The van der Waals surface area contributed by atoms with Gasteiger partial charge in [0.05, 0.1) is 10.8 Å². The van der Waals surface area contributed by atoms with Crippen molar-refractivity contribution >= 4 is 32.7 Å². The highest BCUT2D eigenvalue weighted by Gasteiger charge is 2.24. The zero-order chi connectivity index (χ0) is 13.4. The maximum absolute atomic E-state index is 11.3. The molecule has 2 aromatic rings.